The maximum atomic E-state index is 6.03. The molecule has 1 N–H and O–H groups in total. The Balaban J connectivity index is 1.50. The highest BCUT2D eigenvalue weighted by atomic mass is 16.5. The molecule has 3 rings (SSSR count). The van der Waals surface area contributed by atoms with E-state index in [1.54, 1.807) is 0 Å². The minimum Gasteiger partial charge on any atom is -0.374 e. The molecule has 116 valence electrons. The number of hydrogen-bond acceptors (Lipinski definition) is 4. The number of ether oxygens (including phenoxy) is 1. The fourth-order valence-corrected chi connectivity index (χ4v) is 3.59. The normalized spacial score (nSPS) is 32.4. The van der Waals surface area contributed by atoms with E-state index in [0.29, 0.717) is 12.1 Å². The molecule has 4 nitrogen and oxygen atoms in total. The van der Waals surface area contributed by atoms with Crippen LogP contribution >= 0.6 is 0 Å². The Morgan fingerprint density at radius 1 is 1.25 bits per heavy atom. The second kappa shape index (κ2) is 6.73. The van der Waals surface area contributed by atoms with Crippen molar-refractivity contribution in [1.29, 1.82) is 0 Å². The number of hydrogen-bond donors (Lipinski definition) is 1. The Labute approximate surface area is 123 Å². The van der Waals surface area contributed by atoms with E-state index in [-0.39, 0.29) is 0 Å². The molecule has 0 spiro atoms. The molecule has 2 heterocycles. The summed E-state index contributed by atoms with van der Waals surface area (Å²) in [5, 5.41) is 3.64. The van der Waals surface area contributed by atoms with E-state index < -0.39 is 0 Å². The Morgan fingerprint density at radius 3 is 2.75 bits per heavy atom. The SMILES string of the molecule is CC(C)N1CCOC(CN(CC2CCCN2)C2CC2)C1. The summed E-state index contributed by atoms with van der Waals surface area (Å²) in [6, 6.07) is 2.21. The highest BCUT2D eigenvalue weighted by Gasteiger charge is 2.34. The molecule has 0 aromatic rings. The molecule has 2 unspecified atom stereocenters. The molecular weight excluding hydrogens is 250 g/mol. The van der Waals surface area contributed by atoms with E-state index in [1.807, 2.05) is 0 Å². The van der Waals surface area contributed by atoms with E-state index >= 15 is 0 Å². The highest BCUT2D eigenvalue weighted by Crippen LogP contribution is 2.28. The van der Waals surface area contributed by atoms with Crippen molar-refractivity contribution in [1.82, 2.24) is 15.1 Å². The van der Waals surface area contributed by atoms with Crippen LogP contribution in [0.25, 0.3) is 0 Å². The summed E-state index contributed by atoms with van der Waals surface area (Å²) in [5.74, 6) is 0. The van der Waals surface area contributed by atoms with Gasteiger partial charge in [-0.3, -0.25) is 9.80 Å². The van der Waals surface area contributed by atoms with Gasteiger partial charge in [-0.05, 0) is 46.1 Å². The molecule has 1 saturated carbocycles. The van der Waals surface area contributed by atoms with Crippen LogP contribution in [0.1, 0.15) is 39.5 Å². The molecule has 1 aliphatic carbocycles. The zero-order valence-corrected chi connectivity index (χ0v) is 13.2. The van der Waals surface area contributed by atoms with Gasteiger partial charge in [-0.1, -0.05) is 0 Å². The lowest BCUT2D eigenvalue weighted by atomic mass is 10.1. The third-order valence-electron chi connectivity index (χ3n) is 5.02. The van der Waals surface area contributed by atoms with Crippen molar-refractivity contribution in [3.63, 3.8) is 0 Å². The molecule has 0 aromatic heterocycles. The van der Waals surface area contributed by atoms with Crippen molar-refractivity contribution in [3.05, 3.63) is 0 Å². The van der Waals surface area contributed by atoms with Crippen LogP contribution in [0.15, 0.2) is 0 Å². The van der Waals surface area contributed by atoms with Crippen LogP contribution in [0.4, 0.5) is 0 Å². The van der Waals surface area contributed by atoms with Crippen molar-refractivity contribution in [2.75, 3.05) is 39.3 Å². The van der Waals surface area contributed by atoms with E-state index in [4.69, 9.17) is 4.74 Å². The average Bonchev–Trinajstić information content (AvgIpc) is 3.17. The van der Waals surface area contributed by atoms with E-state index in [2.05, 4.69) is 29.0 Å². The first-order valence-electron chi connectivity index (χ1n) is 8.55. The van der Waals surface area contributed by atoms with Gasteiger partial charge in [-0.25, -0.2) is 0 Å². The third kappa shape index (κ3) is 3.94. The van der Waals surface area contributed by atoms with Crippen LogP contribution in [0, 0.1) is 0 Å². The summed E-state index contributed by atoms with van der Waals surface area (Å²) in [4.78, 5) is 5.27. The zero-order chi connectivity index (χ0) is 13.9. The summed E-state index contributed by atoms with van der Waals surface area (Å²) in [6.07, 6.45) is 5.91. The predicted octanol–water partition coefficient (Wildman–Crippen LogP) is 1.31. The molecule has 0 aromatic carbocycles. The number of rotatable bonds is 6. The van der Waals surface area contributed by atoms with Gasteiger partial charge >= 0.3 is 0 Å². The summed E-state index contributed by atoms with van der Waals surface area (Å²) in [7, 11) is 0. The highest BCUT2D eigenvalue weighted by molar-refractivity contribution is 4.90. The minimum absolute atomic E-state index is 0.410. The molecule has 0 radical (unpaired) electrons. The summed E-state index contributed by atoms with van der Waals surface area (Å²) < 4.78 is 6.03. The van der Waals surface area contributed by atoms with E-state index in [0.717, 1.165) is 38.3 Å². The Kier molecular flexibility index (Phi) is 4.97. The van der Waals surface area contributed by atoms with Crippen LogP contribution in [-0.2, 0) is 4.74 Å². The van der Waals surface area contributed by atoms with Gasteiger partial charge in [-0.15, -0.1) is 0 Å². The van der Waals surface area contributed by atoms with Crippen molar-refractivity contribution in [2.24, 2.45) is 0 Å². The Hall–Kier alpha value is -0.160. The molecule has 3 fully saturated rings. The second-order valence-electron chi connectivity index (χ2n) is 7.06. The summed E-state index contributed by atoms with van der Waals surface area (Å²) in [6.45, 7) is 11.3. The third-order valence-corrected chi connectivity index (χ3v) is 5.02. The van der Waals surface area contributed by atoms with Crippen LogP contribution < -0.4 is 5.32 Å². The standard InChI is InChI=1S/C16H31N3O/c1-13(2)18-8-9-20-16(11-18)12-19(15-5-6-15)10-14-4-3-7-17-14/h13-17H,3-12H2,1-2H3. The van der Waals surface area contributed by atoms with Gasteiger partial charge in [-0.2, -0.15) is 0 Å². The van der Waals surface area contributed by atoms with Gasteiger partial charge in [0.05, 0.1) is 12.7 Å². The Morgan fingerprint density at radius 2 is 2.10 bits per heavy atom. The molecule has 3 aliphatic rings. The van der Waals surface area contributed by atoms with E-state index in [1.165, 1.54) is 38.8 Å². The van der Waals surface area contributed by atoms with Gasteiger partial charge in [0, 0.05) is 44.3 Å². The summed E-state index contributed by atoms with van der Waals surface area (Å²) >= 11 is 0. The predicted molar refractivity (Wildman–Crippen MR) is 82.1 cm³/mol. The lowest BCUT2D eigenvalue weighted by molar-refractivity contribution is -0.0537. The largest absolute Gasteiger partial charge is 0.374 e. The van der Waals surface area contributed by atoms with Crippen molar-refractivity contribution in [3.8, 4) is 0 Å². The van der Waals surface area contributed by atoms with Crippen molar-refractivity contribution >= 4 is 0 Å². The topological polar surface area (TPSA) is 27.7 Å². The van der Waals surface area contributed by atoms with Crippen LogP contribution in [0.3, 0.4) is 0 Å². The quantitative estimate of drug-likeness (QED) is 0.794. The summed E-state index contributed by atoms with van der Waals surface area (Å²) in [5.41, 5.74) is 0. The monoisotopic (exact) mass is 281 g/mol. The van der Waals surface area contributed by atoms with Crippen LogP contribution in [0.2, 0.25) is 0 Å². The molecule has 2 atom stereocenters. The van der Waals surface area contributed by atoms with Gasteiger partial charge in [0.25, 0.3) is 0 Å². The molecule has 4 heteroatoms. The van der Waals surface area contributed by atoms with E-state index in [9.17, 15) is 0 Å². The van der Waals surface area contributed by atoms with Crippen molar-refractivity contribution < 1.29 is 4.74 Å². The first-order valence-corrected chi connectivity index (χ1v) is 8.55. The zero-order valence-electron chi connectivity index (χ0n) is 13.2. The van der Waals surface area contributed by atoms with Gasteiger partial charge in [0.2, 0.25) is 0 Å². The minimum atomic E-state index is 0.410. The fourth-order valence-electron chi connectivity index (χ4n) is 3.59. The first kappa shape index (κ1) is 14.8. The molecule has 0 amide bonds. The molecule has 0 bridgehead atoms. The number of nitrogens with zero attached hydrogens (tertiary/aromatic N) is 2. The fraction of sp³-hybridized carbons (Fsp3) is 1.00. The van der Waals surface area contributed by atoms with Gasteiger partial charge < -0.3 is 10.1 Å². The number of nitrogens with one attached hydrogen (secondary N) is 1. The lowest BCUT2D eigenvalue weighted by Crippen LogP contribution is -2.51. The van der Waals surface area contributed by atoms with Crippen LogP contribution in [-0.4, -0.2) is 73.4 Å². The average molecular weight is 281 g/mol. The molecule has 2 saturated heterocycles. The Bertz CT molecular complexity index is 300. The van der Waals surface area contributed by atoms with Crippen LogP contribution in [0.5, 0.6) is 0 Å². The smallest absolute Gasteiger partial charge is 0.0829 e. The van der Waals surface area contributed by atoms with Gasteiger partial charge in [0.1, 0.15) is 0 Å². The van der Waals surface area contributed by atoms with Crippen molar-refractivity contribution in [2.45, 2.75) is 63.8 Å². The molecular formula is C16H31N3O. The molecule has 2 aliphatic heterocycles. The lowest BCUT2D eigenvalue weighted by Gasteiger charge is -2.38. The first-order chi connectivity index (χ1) is 9.72. The van der Waals surface area contributed by atoms with Gasteiger partial charge in [0.15, 0.2) is 0 Å². The maximum absolute atomic E-state index is 6.03. The maximum Gasteiger partial charge on any atom is 0.0829 e. The molecule has 20 heavy (non-hydrogen) atoms. The number of morpholine rings is 1. The second-order valence-corrected chi connectivity index (χ2v) is 7.06.